The first-order chi connectivity index (χ1) is 11.9. The average Bonchev–Trinajstić information content (AvgIpc) is 2.52. The Balaban J connectivity index is 2.75. The third-order valence-corrected chi connectivity index (χ3v) is 4.23. The van der Waals surface area contributed by atoms with E-state index in [-0.39, 0.29) is 19.6 Å². The van der Waals surface area contributed by atoms with Crippen LogP contribution in [0.1, 0.15) is 39.0 Å². The van der Waals surface area contributed by atoms with Gasteiger partial charge in [0.25, 0.3) is 0 Å². The topological polar surface area (TPSA) is 142 Å². The number of carbonyl (C=O) groups is 3. The Bertz CT molecular complexity index is 459. The van der Waals surface area contributed by atoms with Gasteiger partial charge in [-0.1, -0.05) is 6.42 Å². The predicted octanol–water partition coefficient (Wildman–Crippen LogP) is -0.361. The third kappa shape index (κ3) is 6.97. The van der Waals surface area contributed by atoms with Crippen LogP contribution in [0.5, 0.6) is 0 Å². The van der Waals surface area contributed by atoms with Crippen molar-refractivity contribution < 1.29 is 29.3 Å². The molecule has 0 saturated carbocycles. The molecule has 0 radical (unpaired) electrons. The molecule has 1 aliphatic heterocycles. The summed E-state index contributed by atoms with van der Waals surface area (Å²) in [6.07, 6.45) is 2.47. The van der Waals surface area contributed by atoms with E-state index in [0.717, 1.165) is 0 Å². The molecule has 0 aromatic rings. The van der Waals surface area contributed by atoms with Gasteiger partial charge in [0.2, 0.25) is 5.91 Å². The number of hydrogen-bond donors (Lipinski definition) is 4. The number of unbranched alkanes of at least 4 members (excludes halogenated alkanes) is 1. The van der Waals surface area contributed by atoms with Crippen molar-refractivity contribution >= 4 is 17.8 Å². The minimum absolute atomic E-state index is 0.215. The molecule has 1 heterocycles. The molecular weight excluding hydrogens is 330 g/mol. The molecule has 0 aromatic heterocycles. The van der Waals surface area contributed by atoms with Gasteiger partial charge in [-0.2, -0.15) is 0 Å². The fourth-order valence-corrected chi connectivity index (χ4v) is 2.86. The van der Waals surface area contributed by atoms with Crippen LogP contribution in [0.25, 0.3) is 0 Å². The van der Waals surface area contributed by atoms with Gasteiger partial charge >= 0.3 is 11.9 Å². The monoisotopic (exact) mass is 359 g/mol. The van der Waals surface area contributed by atoms with E-state index < -0.39 is 36.0 Å². The summed E-state index contributed by atoms with van der Waals surface area (Å²) in [5.41, 5.74) is 5.41. The molecule has 9 heteroatoms. The number of hydrogen-bond acceptors (Lipinski definition) is 6. The van der Waals surface area contributed by atoms with E-state index in [9.17, 15) is 24.6 Å². The van der Waals surface area contributed by atoms with Gasteiger partial charge in [-0.25, -0.2) is 4.79 Å². The van der Waals surface area contributed by atoms with Crippen molar-refractivity contribution in [1.29, 1.82) is 0 Å². The molecule has 1 aliphatic rings. The lowest BCUT2D eigenvalue weighted by atomic mass is 10.1. The quantitative estimate of drug-likeness (QED) is 0.409. The molecule has 9 nitrogen and oxygen atoms in total. The van der Waals surface area contributed by atoms with Gasteiger partial charge in [0.15, 0.2) is 0 Å². The van der Waals surface area contributed by atoms with Crippen molar-refractivity contribution in [3.05, 3.63) is 0 Å². The second kappa shape index (κ2) is 11.0. The molecular formula is C16H29N3O6. The number of nitrogens with one attached hydrogen (secondary N) is 1. The zero-order valence-electron chi connectivity index (χ0n) is 14.6. The van der Waals surface area contributed by atoms with Crippen molar-refractivity contribution in [1.82, 2.24) is 10.2 Å². The fraction of sp³-hybridized carbons (Fsp3) is 0.812. The molecule has 1 saturated heterocycles. The highest BCUT2D eigenvalue weighted by Gasteiger charge is 2.34. The Morgan fingerprint density at radius 1 is 1.28 bits per heavy atom. The zero-order valence-corrected chi connectivity index (χ0v) is 14.6. The Kier molecular flexibility index (Phi) is 9.40. The van der Waals surface area contributed by atoms with Crippen LogP contribution in [0.3, 0.4) is 0 Å². The van der Waals surface area contributed by atoms with Crippen LogP contribution in [0, 0.1) is 0 Å². The highest BCUT2D eigenvalue weighted by atomic mass is 16.5. The Morgan fingerprint density at radius 2 is 2.00 bits per heavy atom. The summed E-state index contributed by atoms with van der Waals surface area (Å²) in [5.74, 6) is -2.52. The summed E-state index contributed by atoms with van der Waals surface area (Å²) >= 11 is 0. The van der Waals surface area contributed by atoms with Gasteiger partial charge in [0.1, 0.15) is 12.1 Å². The minimum Gasteiger partial charge on any atom is -0.480 e. The van der Waals surface area contributed by atoms with E-state index in [4.69, 9.17) is 10.5 Å². The van der Waals surface area contributed by atoms with Crippen LogP contribution in [0.2, 0.25) is 0 Å². The Labute approximate surface area is 147 Å². The van der Waals surface area contributed by atoms with Crippen LogP contribution in [-0.4, -0.2) is 77.4 Å². The first kappa shape index (κ1) is 21.3. The second-order valence-corrected chi connectivity index (χ2v) is 6.20. The van der Waals surface area contributed by atoms with Gasteiger partial charge in [-0.3, -0.25) is 14.9 Å². The molecule has 0 aromatic carbocycles. The number of ether oxygens (including phenoxy) is 1. The molecule has 0 unspecified atom stereocenters. The highest BCUT2D eigenvalue weighted by Crippen LogP contribution is 2.13. The molecule has 0 spiro atoms. The second-order valence-electron chi connectivity index (χ2n) is 6.20. The van der Waals surface area contributed by atoms with Crippen molar-refractivity contribution in [3.63, 3.8) is 0 Å². The largest absolute Gasteiger partial charge is 0.480 e. The summed E-state index contributed by atoms with van der Waals surface area (Å²) < 4.78 is 5.29. The normalized spacial score (nSPS) is 21.0. The summed E-state index contributed by atoms with van der Waals surface area (Å²) in [5, 5.41) is 21.5. The molecule has 144 valence electrons. The number of carboxylic acids is 2. The molecule has 25 heavy (non-hydrogen) atoms. The number of carboxylic acid groups (broad SMARTS) is 2. The van der Waals surface area contributed by atoms with Gasteiger partial charge in [0, 0.05) is 26.2 Å². The van der Waals surface area contributed by atoms with Crippen molar-refractivity contribution in [2.24, 2.45) is 5.73 Å². The van der Waals surface area contributed by atoms with Crippen LogP contribution >= 0.6 is 0 Å². The van der Waals surface area contributed by atoms with Gasteiger partial charge in [-0.15, -0.1) is 0 Å². The number of carbonyl (C=O) groups excluding carboxylic acids is 1. The number of nitrogens with two attached hydrogens (primary N) is 1. The first-order valence-electron chi connectivity index (χ1n) is 8.68. The van der Waals surface area contributed by atoms with Gasteiger partial charge in [0.05, 0.1) is 6.04 Å². The number of aliphatic carboxylic acids is 2. The predicted molar refractivity (Wildman–Crippen MR) is 90.1 cm³/mol. The zero-order chi connectivity index (χ0) is 18.8. The van der Waals surface area contributed by atoms with Crippen LogP contribution < -0.4 is 11.1 Å². The molecule has 1 amide bonds. The average molecular weight is 359 g/mol. The number of rotatable bonds is 9. The van der Waals surface area contributed by atoms with Gasteiger partial charge < -0.3 is 25.6 Å². The van der Waals surface area contributed by atoms with Gasteiger partial charge in [-0.05, 0) is 32.7 Å². The maximum absolute atomic E-state index is 12.7. The smallest absolute Gasteiger partial charge is 0.326 e. The van der Waals surface area contributed by atoms with E-state index in [0.29, 0.717) is 38.8 Å². The van der Waals surface area contributed by atoms with Crippen LogP contribution in [0.4, 0.5) is 0 Å². The lowest BCUT2D eigenvalue weighted by Gasteiger charge is -2.33. The number of nitrogens with zero attached hydrogens (tertiary/aromatic N) is 1. The standard InChI is InChI=1S/C16H29N3O6/c1-11(18-12(15(21)22)5-2-3-7-17)14(20)19-8-4-9-25-10-6-13(19)16(23)24/h11-13,18H,2-10,17H2,1H3,(H,21,22)(H,23,24)/t11-,12+,13+/m1/s1. The maximum Gasteiger partial charge on any atom is 0.326 e. The van der Waals surface area contributed by atoms with E-state index in [1.54, 1.807) is 6.92 Å². The van der Waals surface area contributed by atoms with E-state index >= 15 is 0 Å². The van der Waals surface area contributed by atoms with Crippen LogP contribution in [0.15, 0.2) is 0 Å². The van der Waals surface area contributed by atoms with Crippen molar-refractivity contribution in [2.75, 3.05) is 26.3 Å². The van der Waals surface area contributed by atoms with E-state index in [1.165, 1.54) is 4.90 Å². The summed E-state index contributed by atoms with van der Waals surface area (Å²) in [7, 11) is 0. The highest BCUT2D eigenvalue weighted by molar-refractivity contribution is 5.87. The summed E-state index contributed by atoms with van der Waals surface area (Å²) in [6.45, 7) is 3.06. The lowest BCUT2D eigenvalue weighted by molar-refractivity contribution is -0.153. The van der Waals surface area contributed by atoms with Crippen LogP contribution in [-0.2, 0) is 19.1 Å². The third-order valence-electron chi connectivity index (χ3n) is 4.23. The molecule has 0 aliphatic carbocycles. The Morgan fingerprint density at radius 3 is 2.60 bits per heavy atom. The Hall–Kier alpha value is -1.71. The maximum atomic E-state index is 12.7. The lowest BCUT2D eigenvalue weighted by Crippen LogP contribution is -2.55. The van der Waals surface area contributed by atoms with Crippen molar-refractivity contribution in [3.8, 4) is 0 Å². The molecule has 3 atom stereocenters. The summed E-state index contributed by atoms with van der Waals surface area (Å²) in [4.78, 5) is 36.9. The molecule has 1 rings (SSSR count). The minimum atomic E-state index is -1.08. The number of amides is 1. The first-order valence-corrected chi connectivity index (χ1v) is 8.68. The molecule has 1 fully saturated rings. The van der Waals surface area contributed by atoms with Crippen molar-refractivity contribution in [2.45, 2.75) is 57.2 Å². The van der Waals surface area contributed by atoms with E-state index in [2.05, 4.69) is 5.32 Å². The SMILES string of the molecule is C[C@@H](N[C@@H](CCCCN)C(=O)O)C(=O)N1CCCOCC[C@H]1C(=O)O. The fourth-order valence-electron chi connectivity index (χ4n) is 2.86. The summed E-state index contributed by atoms with van der Waals surface area (Å²) in [6, 6.07) is -2.62. The molecule has 5 N–H and O–H groups in total. The molecule has 0 bridgehead atoms. The van der Waals surface area contributed by atoms with E-state index in [1.807, 2.05) is 0 Å².